The van der Waals surface area contributed by atoms with E-state index >= 15 is 0 Å². The second-order valence-electron chi connectivity index (χ2n) is 9.65. The lowest BCUT2D eigenvalue weighted by molar-refractivity contribution is -0.0978. The first-order valence-electron chi connectivity index (χ1n) is 12.8. The molecule has 0 radical (unpaired) electrons. The van der Waals surface area contributed by atoms with Crippen molar-refractivity contribution in [1.82, 2.24) is 10.1 Å². The highest BCUT2D eigenvalue weighted by Gasteiger charge is 2.27. The maximum Gasteiger partial charge on any atom is 0.186 e. The average Bonchev–Trinajstić information content (AvgIpc) is 3.52. The first-order chi connectivity index (χ1) is 18.4. The molecule has 1 aliphatic rings. The molecule has 1 fully saturated rings. The molecule has 1 N–H and O–H groups in total. The molecule has 0 bridgehead atoms. The highest BCUT2D eigenvalue weighted by atomic mass is 35.5. The Kier molecular flexibility index (Phi) is 8.57. The van der Waals surface area contributed by atoms with Gasteiger partial charge in [0.2, 0.25) is 0 Å². The Morgan fingerprint density at radius 1 is 1.16 bits per heavy atom. The number of aliphatic hydroxyl groups is 1. The molecule has 0 spiro atoms. The maximum absolute atomic E-state index is 10.2. The number of rotatable bonds is 9. The monoisotopic (exact) mass is 575 g/mol. The molecule has 2 aromatic carbocycles. The number of benzene rings is 2. The van der Waals surface area contributed by atoms with Crippen LogP contribution in [0.15, 0.2) is 40.9 Å². The van der Waals surface area contributed by atoms with Gasteiger partial charge in [0.05, 0.1) is 33.0 Å². The van der Waals surface area contributed by atoms with Gasteiger partial charge >= 0.3 is 0 Å². The Labute approximate surface area is 236 Å². The molecule has 1 atom stereocenters. The summed E-state index contributed by atoms with van der Waals surface area (Å²) in [7, 11) is 0. The van der Waals surface area contributed by atoms with Gasteiger partial charge in [-0.05, 0) is 44.0 Å². The van der Waals surface area contributed by atoms with E-state index in [9.17, 15) is 5.11 Å². The summed E-state index contributed by atoms with van der Waals surface area (Å²) < 4.78 is 18.5. The van der Waals surface area contributed by atoms with Crippen molar-refractivity contribution in [2.75, 3.05) is 24.6 Å². The number of piperidine rings is 1. The number of thiazole rings is 1. The molecule has 3 heterocycles. The van der Waals surface area contributed by atoms with Crippen molar-refractivity contribution >= 4 is 49.9 Å². The van der Waals surface area contributed by atoms with Gasteiger partial charge in [0.25, 0.3) is 0 Å². The number of halogens is 2. The van der Waals surface area contributed by atoms with Gasteiger partial charge in [0.15, 0.2) is 11.4 Å². The zero-order valence-electron chi connectivity index (χ0n) is 21.6. The summed E-state index contributed by atoms with van der Waals surface area (Å²) >= 11 is 14.6. The van der Waals surface area contributed by atoms with E-state index in [0.717, 1.165) is 58.2 Å². The van der Waals surface area contributed by atoms with Gasteiger partial charge in [-0.2, -0.15) is 0 Å². The summed E-state index contributed by atoms with van der Waals surface area (Å²) in [4.78, 5) is 7.13. The minimum Gasteiger partial charge on any atom is -0.373 e. The van der Waals surface area contributed by atoms with Gasteiger partial charge in [0.1, 0.15) is 11.5 Å². The van der Waals surface area contributed by atoms with Crippen LogP contribution in [0, 0.1) is 0 Å². The molecule has 1 unspecified atom stereocenters. The van der Waals surface area contributed by atoms with Gasteiger partial charge in [-0.1, -0.05) is 65.7 Å². The zero-order chi connectivity index (χ0) is 26.8. The molecule has 2 aromatic heterocycles. The van der Waals surface area contributed by atoms with Crippen LogP contribution in [0.4, 0.5) is 5.13 Å². The van der Waals surface area contributed by atoms with E-state index in [2.05, 4.69) is 23.9 Å². The van der Waals surface area contributed by atoms with E-state index in [1.807, 2.05) is 31.2 Å². The molecule has 4 aromatic rings. The van der Waals surface area contributed by atoms with Gasteiger partial charge in [-0.15, -0.1) is 0 Å². The van der Waals surface area contributed by atoms with Crippen molar-refractivity contribution in [3.8, 4) is 11.3 Å². The Morgan fingerprint density at radius 2 is 1.89 bits per heavy atom. The fourth-order valence-electron chi connectivity index (χ4n) is 4.72. The molecule has 38 heavy (non-hydrogen) atoms. The lowest BCUT2D eigenvalue weighted by atomic mass is 10.0. The molecule has 0 saturated carbocycles. The zero-order valence-corrected chi connectivity index (χ0v) is 23.9. The van der Waals surface area contributed by atoms with Gasteiger partial charge in [-0.3, -0.25) is 0 Å². The minimum absolute atomic E-state index is 0.109. The number of aliphatic hydroxyl groups excluding tert-OH is 1. The second kappa shape index (κ2) is 11.9. The van der Waals surface area contributed by atoms with Crippen LogP contribution < -0.4 is 4.90 Å². The highest BCUT2D eigenvalue weighted by Crippen LogP contribution is 2.39. The Morgan fingerprint density at radius 3 is 2.58 bits per heavy atom. The van der Waals surface area contributed by atoms with Gasteiger partial charge in [0, 0.05) is 42.3 Å². The van der Waals surface area contributed by atoms with Crippen LogP contribution in [0.3, 0.4) is 0 Å². The van der Waals surface area contributed by atoms with E-state index in [-0.39, 0.29) is 12.0 Å². The van der Waals surface area contributed by atoms with Crippen LogP contribution in [0.25, 0.3) is 21.5 Å². The largest absolute Gasteiger partial charge is 0.373 e. The Hall–Kier alpha value is -2.20. The van der Waals surface area contributed by atoms with Crippen molar-refractivity contribution in [2.24, 2.45) is 0 Å². The summed E-state index contributed by atoms with van der Waals surface area (Å²) in [5.41, 5.74) is 3.88. The van der Waals surface area contributed by atoms with Gasteiger partial charge in [-0.25, -0.2) is 4.98 Å². The van der Waals surface area contributed by atoms with Crippen molar-refractivity contribution in [2.45, 2.75) is 58.5 Å². The SMILES string of the molecule is CCOC(O)c1ccc2nc(N3CCC(OCc4c(-c5c(Cl)cccc5Cl)noc4C(C)C)CC3)sc2c1. The number of hydrogen-bond donors (Lipinski definition) is 1. The van der Waals surface area contributed by atoms with E-state index < -0.39 is 6.29 Å². The molecule has 0 amide bonds. The lowest BCUT2D eigenvalue weighted by Crippen LogP contribution is -2.37. The smallest absolute Gasteiger partial charge is 0.186 e. The standard InChI is InChI=1S/C28H31Cl2N3O4S/c1-4-35-27(34)17-8-9-22-23(14-17)38-28(31-22)33-12-10-18(11-13-33)36-15-19-25(32-37-26(19)16(2)3)24-20(29)6-5-7-21(24)30/h5-9,14,16,18,27,34H,4,10-13,15H2,1-3H3. The number of hydrogen-bond acceptors (Lipinski definition) is 8. The third kappa shape index (κ3) is 5.71. The van der Waals surface area contributed by atoms with E-state index in [1.165, 1.54) is 0 Å². The number of anilines is 1. The molecule has 1 aliphatic heterocycles. The van der Waals surface area contributed by atoms with Crippen LogP contribution in [0.2, 0.25) is 10.0 Å². The van der Waals surface area contributed by atoms with Crippen molar-refractivity contribution in [1.29, 1.82) is 0 Å². The van der Waals surface area contributed by atoms with Crippen molar-refractivity contribution in [3.05, 3.63) is 63.3 Å². The number of ether oxygens (including phenoxy) is 2. The Balaban J connectivity index is 1.25. The second-order valence-corrected chi connectivity index (χ2v) is 11.5. The highest BCUT2D eigenvalue weighted by molar-refractivity contribution is 7.22. The van der Waals surface area contributed by atoms with E-state index in [0.29, 0.717) is 34.5 Å². The topological polar surface area (TPSA) is 80.9 Å². The van der Waals surface area contributed by atoms with Gasteiger partial charge < -0.3 is 24.0 Å². The molecule has 0 aliphatic carbocycles. The molecular weight excluding hydrogens is 545 g/mol. The molecule has 5 rings (SSSR count). The third-order valence-electron chi connectivity index (χ3n) is 6.73. The molecule has 10 heteroatoms. The average molecular weight is 577 g/mol. The summed E-state index contributed by atoms with van der Waals surface area (Å²) in [5, 5.41) is 16.5. The quantitative estimate of drug-likeness (QED) is 0.206. The van der Waals surface area contributed by atoms with E-state index in [1.54, 1.807) is 23.5 Å². The van der Waals surface area contributed by atoms with E-state index in [4.69, 9.17) is 42.2 Å². The molecular formula is C28H31Cl2N3O4S. The predicted octanol–water partition coefficient (Wildman–Crippen LogP) is 7.59. The van der Waals surface area contributed by atoms with Crippen LogP contribution in [-0.4, -0.2) is 41.0 Å². The molecule has 202 valence electrons. The summed E-state index contributed by atoms with van der Waals surface area (Å²) in [6.45, 7) is 8.53. The van der Waals surface area contributed by atoms with Crippen molar-refractivity contribution in [3.63, 3.8) is 0 Å². The minimum atomic E-state index is -0.918. The maximum atomic E-state index is 10.2. The first kappa shape index (κ1) is 27.4. The normalized spacial score (nSPS) is 15.6. The number of nitrogens with zero attached hydrogens (tertiary/aromatic N) is 3. The molecule has 1 saturated heterocycles. The third-order valence-corrected chi connectivity index (χ3v) is 8.44. The Bertz CT molecular complexity index is 1380. The van der Waals surface area contributed by atoms with Crippen LogP contribution >= 0.6 is 34.5 Å². The fourth-order valence-corrected chi connectivity index (χ4v) is 6.36. The lowest BCUT2D eigenvalue weighted by Gasteiger charge is -2.31. The number of aromatic nitrogens is 2. The summed E-state index contributed by atoms with van der Waals surface area (Å²) in [5.74, 6) is 0.934. The van der Waals surface area contributed by atoms with Crippen LogP contribution in [0.1, 0.15) is 62.7 Å². The summed E-state index contributed by atoms with van der Waals surface area (Å²) in [6, 6.07) is 11.2. The predicted molar refractivity (Wildman–Crippen MR) is 152 cm³/mol. The van der Waals surface area contributed by atoms with Crippen molar-refractivity contribution < 1.29 is 19.1 Å². The summed E-state index contributed by atoms with van der Waals surface area (Å²) in [6.07, 6.45) is 0.959. The first-order valence-corrected chi connectivity index (χ1v) is 14.4. The fraction of sp³-hybridized carbons (Fsp3) is 0.429. The van der Waals surface area contributed by atoms with Crippen LogP contribution in [0.5, 0.6) is 0 Å². The number of fused-ring (bicyclic) bond motifs is 1. The van der Waals surface area contributed by atoms with Crippen LogP contribution in [-0.2, 0) is 16.1 Å². The molecule has 7 nitrogen and oxygen atoms in total.